The van der Waals surface area contributed by atoms with Gasteiger partial charge < -0.3 is 19.0 Å². The third-order valence-corrected chi connectivity index (χ3v) is 8.22. The summed E-state index contributed by atoms with van der Waals surface area (Å²) < 4.78 is 35.4. The van der Waals surface area contributed by atoms with Gasteiger partial charge in [-0.3, -0.25) is 4.79 Å². The quantitative estimate of drug-likeness (QED) is 0.683. The molecule has 1 amide bonds. The number of sulfone groups is 1. The second-order valence-corrected chi connectivity index (χ2v) is 11.4. The summed E-state index contributed by atoms with van der Waals surface area (Å²) in [6.45, 7) is 8.57. The van der Waals surface area contributed by atoms with E-state index in [2.05, 4.69) is 18.7 Å². The fraction of sp³-hybridized carbons (Fsp3) is 0.591. The normalized spacial score (nSPS) is 20.5. The fourth-order valence-corrected chi connectivity index (χ4v) is 5.67. The molecule has 0 spiro atoms. The molecule has 31 heavy (non-hydrogen) atoms. The standard InChI is InChI=1S/C22H29ClN2O5S/c1-14(2)24-6-4-16(5-7-24)29-20-13-19-17(12-18(20)23)15(3)21(30-19)22(26)25-8-10-31(27,28)11-9-25/h12-14,16H,4-11H2,1-3H3. The molecule has 7 nitrogen and oxygen atoms in total. The monoisotopic (exact) mass is 468 g/mol. The van der Waals surface area contributed by atoms with Gasteiger partial charge in [-0.05, 0) is 39.7 Å². The van der Waals surface area contributed by atoms with E-state index in [1.165, 1.54) is 4.90 Å². The van der Waals surface area contributed by atoms with Crippen LogP contribution >= 0.6 is 11.6 Å². The van der Waals surface area contributed by atoms with E-state index in [0.717, 1.165) is 31.3 Å². The number of benzene rings is 1. The van der Waals surface area contributed by atoms with Crippen LogP contribution in [0.5, 0.6) is 5.75 Å². The zero-order chi connectivity index (χ0) is 22.3. The van der Waals surface area contributed by atoms with Gasteiger partial charge in [-0.2, -0.15) is 0 Å². The van der Waals surface area contributed by atoms with Gasteiger partial charge in [-0.25, -0.2) is 8.42 Å². The molecule has 9 heteroatoms. The first-order valence-electron chi connectivity index (χ1n) is 10.8. The molecule has 0 N–H and O–H groups in total. The number of ether oxygens (including phenoxy) is 1. The Balaban J connectivity index is 1.52. The van der Waals surface area contributed by atoms with Crippen LogP contribution in [0.4, 0.5) is 0 Å². The van der Waals surface area contributed by atoms with Crippen LogP contribution in [0.15, 0.2) is 16.5 Å². The second-order valence-electron chi connectivity index (χ2n) is 8.73. The van der Waals surface area contributed by atoms with E-state index in [1.807, 2.05) is 6.92 Å². The van der Waals surface area contributed by atoms with Crippen LogP contribution in [-0.4, -0.2) is 74.0 Å². The number of hydrogen-bond acceptors (Lipinski definition) is 6. The van der Waals surface area contributed by atoms with Crippen molar-refractivity contribution in [1.29, 1.82) is 0 Å². The first kappa shape index (κ1) is 22.4. The van der Waals surface area contributed by atoms with Gasteiger partial charge in [-0.1, -0.05) is 11.6 Å². The lowest BCUT2D eigenvalue weighted by molar-refractivity contribution is 0.0739. The lowest BCUT2D eigenvalue weighted by Gasteiger charge is -2.34. The number of hydrogen-bond donors (Lipinski definition) is 0. The molecule has 1 aromatic carbocycles. The lowest BCUT2D eigenvalue weighted by Crippen LogP contribution is -2.43. The van der Waals surface area contributed by atoms with Crippen molar-refractivity contribution < 1.29 is 22.4 Å². The molecule has 0 saturated carbocycles. The minimum atomic E-state index is -3.06. The number of amides is 1. The average molecular weight is 469 g/mol. The molecule has 0 unspecified atom stereocenters. The molecule has 0 aliphatic carbocycles. The smallest absolute Gasteiger partial charge is 0.289 e. The maximum atomic E-state index is 12.9. The number of fused-ring (bicyclic) bond motifs is 1. The molecule has 2 aromatic rings. The van der Waals surface area contributed by atoms with Crippen molar-refractivity contribution in [3.8, 4) is 5.75 Å². The topological polar surface area (TPSA) is 80.1 Å². The second kappa shape index (κ2) is 8.64. The number of nitrogens with zero attached hydrogens (tertiary/aromatic N) is 2. The Morgan fingerprint density at radius 2 is 1.81 bits per heavy atom. The SMILES string of the molecule is Cc1c(C(=O)N2CCS(=O)(=O)CC2)oc2cc(OC3CCN(C(C)C)CC3)c(Cl)cc12. The highest BCUT2D eigenvalue weighted by Gasteiger charge is 2.30. The zero-order valence-electron chi connectivity index (χ0n) is 18.2. The third kappa shape index (κ3) is 4.71. The molecule has 170 valence electrons. The van der Waals surface area contributed by atoms with E-state index in [4.69, 9.17) is 20.8 Å². The van der Waals surface area contributed by atoms with Crippen LogP contribution in [0, 0.1) is 6.92 Å². The molecule has 0 atom stereocenters. The van der Waals surface area contributed by atoms with Crippen molar-refractivity contribution in [3.05, 3.63) is 28.5 Å². The molecule has 3 heterocycles. The van der Waals surface area contributed by atoms with Crippen molar-refractivity contribution in [2.45, 2.75) is 45.8 Å². The van der Waals surface area contributed by atoms with Crippen molar-refractivity contribution in [2.24, 2.45) is 0 Å². The Hall–Kier alpha value is -1.77. The maximum Gasteiger partial charge on any atom is 0.289 e. The van der Waals surface area contributed by atoms with Crippen molar-refractivity contribution in [2.75, 3.05) is 37.7 Å². The van der Waals surface area contributed by atoms with Gasteiger partial charge in [0.2, 0.25) is 0 Å². The highest BCUT2D eigenvalue weighted by atomic mass is 35.5. The minimum Gasteiger partial charge on any atom is -0.489 e. The van der Waals surface area contributed by atoms with Gasteiger partial charge in [-0.15, -0.1) is 0 Å². The Labute approximate surface area is 188 Å². The number of rotatable bonds is 4. The number of carbonyl (C=O) groups is 1. The lowest BCUT2D eigenvalue weighted by atomic mass is 10.1. The molecular formula is C22H29ClN2O5S. The molecule has 2 aliphatic heterocycles. The van der Waals surface area contributed by atoms with Gasteiger partial charge in [0.05, 0.1) is 16.5 Å². The highest BCUT2D eigenvalue weighted by molar-refractivity contribution is 7.91. The number of likely N-dealkylation sites (tertiary alicyclic amines) is 1. The van der Waals surface area contributed by atoms with E-state index in [9.17, 15) is 13.2 Å². The molecular weight excluding hydrogens is 440 g/mol. The van der Waals surface area contributed by atoms with Crippen molar-refractivity contribution >= 4 is 38.3 Å². The van der Waals surface area contributed by atoms with Crippen LogP contribution in [0.25, 0.3) is 11.0 Å². The zero-order valence-corrected chi connectivity index (χ0v) is 19.8. The molecule has 1 aromatic heterocycles. The predicted molar refractivity (Wildman–Crippen MR) is 121 cm³/mol. The van der Waals surface area contributed by atoms with Crippen molar-refractivity contribution in [3.63, 3.8) is 0 Å². The number of halogens is 1. The molecule has 2 aliphatic rings. The van der Waals surface area contributed by atoms with Crippen LogP contribution in [-0.2, 0) is 9.84 Å². The Bertz CT molecular complexity index is 1070. The summed E-state index contributed by atoms with van der Waals surface area (Å²) in [6, 6.07) is 4.07. The van der Waals surface area contributed by atoms with Gasteiger partial charge in [0.15, 0.2) is 15.6 Å². The summed E-state index contributed by atoms with van der Waals surface area (Å²) in [6.07, 6.45) is 1.97. The first-order chi connectivity index (χ1) is 14.6. The Morgan fingerprint density at radius 1 is 1.16 bits per heavy atom. The maximum absolute atomic E-state index is 12.9. The van der Waals surface area contributed by atoms with E-state index in [1.54, 1.807) is 12.1 Å². The van der Waals surface area contributed by atoms with E-state index in [0.29, 0.717) is 28.0 Å². The number of aryl methyl sites for hydroxylation is 1. The predicted octanol–water partition coefficient (Wildman–Crippen LogP) is 3.52. The van der Waals surface area contributed by atoms with Crippen LogP contribution in [0.1, 0.15) is 42.8 Å². The summed E-state index contributed by atoms with van der Waals surface area (Å²) >= 11 is 6.50. The van der Waals surface area contributed by atoms with E-state index >= 15 is 0 Å². The summed E-state index contributed by atoms with van der Waals surface area (Å²) in [5.41, 5.74) is 1.25. The highest BCUT2D eigenvalue weighted by Crippen LogP contribution is 2.36. The molecule has 2 saturated heterocycles. The molecule has 4 rings (SSSR count). The Morgan fingerprint density at radius 3 is 2.42 bits per heavy atom. The van der Waals surface area contributed by atoms with E-state index < -0.39 is 9.84 Å². The molecule has 0 bridgehead atoms. The largest absolute Gasteiger partial charge is 0.489 e. The molecule has 2 fully saturated rings. The van der Waals surface area contributed by atoms with Gasteiger partial charge in [0.25, 0.3) is 5.91 Å². The summed E-state index contributed by atoms with van der Waals surface area (Å²) in [5.74, 6) is 0.472. The summed E-state index contributed by atoms with van der Waals surface area (Å²) in [7, 11) is -3.06. The minimum absolute atomic E-state index is 0.0164. The number of carbonyl (C=O) groups excluding carboxylic acids is 1. The van der Waals surface area contributed by atoms with Crippen LogP contribution < -0.4 is 4.74 Å². The summed E-state index contributed by atoms with van der Waals surface area (Å²) in [4.78, 5) is 16.9. The summed E-state index contributed by atoms with van der Waals surface area (Å²) in [5, 5.41) is 1.26. The average Bonchev–Trinajstić information content (AvgIpc) is 3.04. The number of furan rings is 1. The van der Waals surface area contributed by atoms with E-state index in [-0.39, 0.29) is 42.4 Å². The fourth-order valence-electron chi connectivity index (χ4n) is 4.26. The van der Waals surface area contributed by atoms with Gasteiger partial charge >= 0.3 is 0 Å². The Kier molecular flexibility index (Phi) is 6.25. The van der Waals surface area contributed by atoms with Gasteiger partial charge in [0.1, 0.15) is 17.4 Å². The van der Waals surface area contributed by atoms with Gasteiger partial charge in [0, 0.05) is 49.2 Å². The van der Waals surface area contributed by atoms with Crippen molar-refractivity contribution in [1.82, 2.24) is 9.80 Å². The number of piperidine rings is 1. The first-order valence-corrected chi connectivity index (χ1v) is 13.0. The van der Waals surface area contributed by atoms with Crippen LogP contribution in [0.3, 0.4) is 0 Å². The molecule has 0 radical (unpaired) electrons. The van der Waals surface area contributed by atoms with Crippen LogP contribution in [0.2, 0.25) is 5.02 Å². The third-order valence-electron chi connectivity index (χ3n) is 6.32.